The number of fused-ring (bicyclic) bond motifs is 1. The molecule has 2 N–H and O–H groups in total. The topological polar surface area (TPSA) is 67.4 Å². The third-order valence-corrected chi connectivity index (χ3v) is 3.14. The monoisotopic (exact) mass is 248 g/mol. The van der Waals surface area contributed by atoms with Crippen LogP contribution in [0.2, 0.25) is 0 Å². The first-order valence-electron chi connectivity index (χ1n) is 5.76. The lowest BCUT2D eigenvalue weighted by molar-refractivity contribution is -0.142. The number of rotatable bonds is 2. The van der Waals surface area contributed by atoms with Gasteiger partial charge in [-0.2, -0.15) is 0 Å². The number of hydrogen-bond donors (Lipinski definition) is 2. The Balaban J connectivity index is 2.24. The van der Waals surface area contributed by atoms with E-state index in [-0.39, 0.29) is 12.3 Å². The number of esters is 1. The summed E-state index contributed by atoms with van der Waals surface area (Å²) in [5, 5.41) is 5.87. The normalized spacial score (nSPS) is 17.5. The van der Waals surface area contributed by atoms with Gasteiger partial charge in [-0.3, -0.25) is 9.59 Å². The van der Waals surface area contributed by atoms with E-state index < -0.39 is 12.0 Å². The summed E-state index contributed by atoms with van der Waals surface area (Å²) in [7, 11) is 1.31. The van der Waals surface area contributed by atoms with E-state index in [1.807, 2.05) is 26.0 Å². The molecule has 0 aliphatic carbocycles. The van der Waals surface area contributed by atoms with E-state index in [9.17, 15) is 9.59 Å². The third-order valence-electron chi connectivity index (χ3n) is 3.14. The van der Waals surface area contributed by atoms with E-state index in [0.29, 0.717) is 0 Å². The first-order valence-corrected chi connectivity index (χ1v) is 5.76. The number of carbonyl (C=O) groups is 2. The first kappa shape index (κ1) is 12.4. The minimum atomic E-state index is -0.577. The number of anilines is 2. The van der Waals surface area contributed by atoms with Crippen LogP contribution in [0.4, 0.5) is 11.4 Å². The van der Waals surface area contributed by atoms with Crippen LogP contribution in [0.15, 0.2) is 12.1 Å². The lowest BCUT2D eigenvalue weighted by atomic mass is 10.0. The quantitative estimate of drug-likeness (QED) is 0.780. The van der Waals surface area contributed by atoms with Crippen LogP contribution in [0.5, 0.6) is 0 Å². The maximum Gasteiger partial charge on any atom is 0.308 e. The number of amides is 1. The van der Waals surface area contributed by atoms with Gasteiger partial charge in [0.05, 0.1) is 24.9 Å². The molecule has 0 spiro atoms. The van der Waals surface area contributed by atoms with Crippen molar-refractivity contribution in [2.45, 2.75) is 26.3 Å². The molecule has 2 rings (SSSR count). The zero-order valence-corrected chi connectivity index (χ0v) is 10.7. The lowest BCUT2D eigenvalue weighted by Crippen LogP contribution is -2.40. The Morgan fingerprint density at radius 1 is 1.28 bits per heavy atom. The van der Waals surface area contributed by atoms with E-state index in [0.717, 1.165) is 22.5 Å². The Labute approximate surface area is 106 Å². The van der Waals surface area contributed by atoms with Gasteiger partial charge in [-0.05, 0) is 37.1 Å². The maximum absolute atomic E-state index is 11.8. The van der Waals surface area contributed by atoms with Crippen LogP contribution in [-0.4, -0.2) is 25.0 Å². The molecular weight excluding hydrogens is 232 g/mol. The van der Waals surface area contributed by atoms with Crippen molar-refractivity contribution in [1.82, 2.24) is 0 Å². The molecule has 0 bridgehead atoms. The fourth-order valence-corrected chi connectivity index (χ4v) is 1.91. The highest BCUT2D eigenvalue weighted by molar-refractivity contribution is 6.04. The van der Waals surface area contributed by atoms with Crippen molar-refractivity contribution in [3.8, 4) is 0 Å². The number of ether oxygens (including phenoxy) is 1. The molecule has 0 saturated carbocycles. The molecule has 0 fully saturated rings. The Bertz CT molecular complexity index is 511. The number of methoxy groups -OCH3 is 1. The standard InChI is InChI=1S/C13H16N2O3/c1-7-4-9-10(5-8(7)2)15-13(17)11(14-9)6-12(16)18-3/h4-5,11,14H,6H2,1-3H3,(H,15,17). The molecule has 1 aromatic rings. The number of aryl methyl sites for hydroxylation is 2. The van der Waals surface area contributed by atoms with Gasteiger partial charge < -0.3 is 15.4 Å². The van der Waals surface area contributed by atoms with Gasteiger partial charge in [0, 0.05) is 0 Å². The van der Waals surface area contributed by atoms with E-state index in [1.54, 1.807) is 0 Å². The second kappa shape index (κ2) is 4.68. The van der Waals surface area contributed by atoms with E-state index in [2.05, 4.69) is 15.4 Å². The second-order valence-electron chi connectivity index (χ2n) is 4.45. The molecule has 1 atom stereocenters. The van der Waals surface area contributed by atoms with Crippen molar-refractivity contribution in [2.24, 2.45) is 0 Å². The van der Waals surface area contributed by atoms with E-state index >= 15 is 0 Å². The van der Waals surface area contributed by atoms with Gasteiger partial charge in [0.15, 0.2) is 0 Å². The van der Waals surface area contributed by atoms with Gasteiger partial charge in [0.25, 0.3) is 0 Å². The Morgan fingerprint density at radius 3 is 2.50 bits per heavy atom. The van der Waals surface area contributed by atoms with Gasteiger partial charge in [0.1, 0.15) is 6.04 Å². The molecular formula is C13H16N2O3. The molecule has 5 nitrogen and oxygen atoms in total. The summed E-state index contributed by atoms with van der Waals surface area (Å²) in [5.41, 5.74) is 3.84. The van der Waals surface area contributed by atoms with E-state index in [1.165, 1.54) is 7.11 Å². The fourth-order valence-electron chi connectivity index (χ4n) is 1.91. The van der Waals surface area contributed by atoms with Crippen LogP contribution >= 0.6 is 0 Å². The highest BCUT2D eigenvalue weighted by Crippen LogP contribution is 2.30. The maximum atomic E-state index is 11.8. The van der Waals surface area contributed by atoms with Gasteiger partial charge in [-0.25, -0.2) is 0 Å². The summed E-state index contributed by atoms with van der Waals surface area (Å²) in [6.45, 7) is 3.99. The summed E-state index contributed by atoms with van der Waals surface area (Å²) in [6, 6.07) is 3.31. The van der Waals surface area contributed by atoms with Crippen LogP contribution < -0.4 is 10.6 Å². The summed E-state index contributed by atoms with van der Waals surface area (Å²) in [6.07, 6.45) is 0.0225. The highest BCUT2D eigenvalue weighted by atomic mass is 16.5. The van der Waals surface area contributed by atoms with Gasteiger partial charge >= 0.3 is 5.97 Å². The van der Waals surface area contributed by atoms with Gasteiger partial charge in [-0.15, -0.1) is 0 Å². The minimum absolute atomic E-state index is 0.0225. The lowest BCUT2D eigenvalue weighted by Gasteiger charge is -2.27. The van der Waals surface area contributed by atoms with Crippen molar-refractivity contribution < 1.29 is 14.3 Å². The number of nitrogens with one attached hydrogen (secondary N) is 2. The smallest absolute Gasteiger partial charge is 0.308 e. The Morgan fingerprint density at radius 2 is 1.89 bits per heavy atom. The van der Waals surface area contributed by atoms with Crippen molar-refractivity contribution in [1.29, 1.82) is 0 Å². The molecule has 5 heteroatoms. The third kappa shape index (κ3) is 2.30. The molecule has 1 aliphatic rings. The van der Waals surface area contributed by atoms with Crippen molar-refractivity contribution in [3.63, 3.8) is 0 Å². The molecule has 1 heterocycles. The molecule has 1 unspecified atom stereocenters. The van der Waals surface area contributed by atoms with Crippen LogP contribution in [0.3, 0.4) is 0 Å². The second-order valence-corrected chi connectivity index (χ2v) is 4.45. The molecule has 1 aromatic carbocycles. The average Bonchev–Trinajstić information content (AvgIpc) is 2.32. The molecule has 1 amide bonds. The van der Waals surface area contributed by atoms with Gasteiger partial charge in [0.2, 0.25) is 5.91 Å². The van der Waals surface area contributed by atoms with E-state index in [4.69, 9.17) is 0 Å². The highest BCUT2D eigenvalue weighted by Gasteiger charge is 2.28. The molecule has 18 heavy (non-hydrogen) atoms. The molecule has 1 aliphatic heterocycles. The van der Waals surface area contributed by atoms with Crippen LogP contribution in [0.25, 0.3) is 0 Å². The summed E-state index contributed by atoms with van der Waals surface area (Å²) in [4.78, 5) is 23.0. The predicted molar refractivity (Wildman–Crippen MR) is 68.6 cm³/mol. The average molecular weight is 248 g/mol. The zero-order chi connectivity index (χ0) is 13.3. The summed E-state index contributed by atoms with van der Waals surface area (Å²) < 4.78 is 4.57. The fraction of sp³-hybridized carbons (Fsp3) is 0.385. The Hall–Kier alpha value is -2.04. The number of hydrogen-bond acceptors (Lipinski definition) is 4. The first-order chi connectivity index (χ1) is 8.51. The summed E-state index contributed by atoms with van der Waals surface area (Å²) in [5.74, 6) is -0.619. The van der Waals surface area contributed by atoms with Crippen molar-refractivity contribution >= 4 is 23.3 Å². The van der Waals surface area contributed by atoms with Crippen molar-refractivity contribution in [3.05, 3.63) is 23.3 Å². The van der Waals surface area contributed by atoms with Gasteiger partial charge in [-0.1, -0.05) is 0 Å². The predicted octanol–water partition coefficient (Wildman–Crippen LogP) is 1.60. The van der Waals surface area contributed by atoms with Crippen LogP contribution in [-0.2, 0) is 14.3 Å². The van der Waals surface area contributed by atoms with Crippen LogP contribution in [0, 0.1) is 13.8 Å². The number of benzene rings is 1. The van der Waals surface area contributed by atoms with Crippen molar-refractivity contribution in [2.75, 3.05) is 17.7 Å². The largest absolute Gasteiger partial charge is 0.469 e. The van der Waals surface area contributed by atoms with Crippen LogP contribution in [0.1, 0.15) is 17.5 Å². The summed E-state index contributed by atoms with van der Waals surface area (Å²) >= 11 is 0. The molecule has 96 valence electrons. The zero-order valence-electron chi connectivity index (χ0n) is 10.7. The SMILES string of the molecule is COC(=O)CC1Nc2cc(C)c(C)cc2NC1=O. The Kier molecular flexibility index (Phi) is 3.23. The molecule has 0 aromatic heterocycles. The minimum Gasteiger partial charge on any atom is -0.469 e. The molecule has 0 radical (unpaired) electrons. The number of carbonyl (C=O) groups excluding carboxylic acids is 2. The molecule has 0 saturated heterocycles.